The van der Waals surface area contributed by atoms with E-state index in [0.29, 0.717) is 23.6 Å². The Labute approximate surface area is 136 Å². The molecule has 1 aromatic carbocycles. The van der Waals surface area contributed by atoms with Crippen molar-refractivity contribution in [3.05, 3.63) is 41.5 Å². The van der Waals surface area contributed by atoms with Gasteiger partial charge in [0.05, 0.1) is 0 Å². The lowest BCUT2D eigenvalue weighted by Gasteiger charge is -2.21. The van der Waals surface area contributed by atoms with Crippen LogP contribution in [-0.4, -0.2) is 22.8 Å². The molecule has 5 heteroatoms. The van der Waals surface area contributed by atoms with Gasteiger partial charge in [-0.2, -0.15) is 0 Å². The topological polar surface area (TPSA) is 75.6 Å². The van der Waals surface area contributed by atoms with Crippen molar-refractivity contribution in [3.63, 3.8) is 0 Å². The van der Waals surface area contributed by atoms with E-state index >= 15 is 0 Å². The maximum absolute atomic E-state index is 11.7. The number of anilines is 1. The van der Waals surface area contributed by atoms with Gasteiger partial charge >= 0.3 is 12.1 Å². The fourth-order valence-corrected chi connectivity index (χ4v) is 2.59. The van der Waals surface area contributed by atoms with E-state index in [-0.39, 0.29) is 0 Å². The summed E-state index contributed by atoms with van der Waals surface area (Å²) in [7, 11) is 0. The third-order valence-corrected chi connectivity index (χ3v) is 3.71. The van der Waals surface area contributed by atoms with Crippen molar-refractivity contribution < 1.29 is 19.4 Å². The highest BCUT2D eigenvalue weighted by atomic mass is 16.6. The zero-order valence-corrected chi connectivity index (χ0v) is 13.8. The van der Waals surface area contributed by atoms with Gasteiger partial charge in [-0.25, -0.2) is 9.59 Å². The van der Waals surface area contributed by atoms with Crippen molar-refractivity contribution in [2.24, 2.45) is 0 Å². The Morgan fingerprint density at radius 1 is 1.22 bits per heavy atom. The van der Waals surface area contributed by atoms with Crippen LogP contribution in [0.3, 0.4) is 0 Å². The number of amides is 1. The molecule has 2 rings (SSSR count). The van der Waals surface area contributed by atoms with Crippen LogP contribution in [0, 0.1) is 0 Å². The number of carbonyl (C=O) groups excluding carboxylic acids is 1. The molecular formula is C18H23NO4. The largest absolute Gasteiger partial charge is 0.478 e. The lowest BCUT2D eigenvalue weighted by molar-refractivity contribution is -0.132. The van der Waals surface area contributed by atoms with Crippen molar-refractivity contribution in [1.82, 2.24) is 0 Å². The molecule has 1 aromatic rings. The first kappa shape index (κ1) is 17.1. The second-order valence-electron chi connectivity index (χ2n) is 6.75. The molecule has 0 aromatic heterocycles. The van der Waals surface area contributed by atoms with Gasteiger partial charge < -0.3 is 9.84 Å². The van der Waals surface area contributed by atoms with Crippen molar-refractivity contribution >= 4 is 17.7 Å². The molecule has 0 fully saturated rings. The molecule has 1 aliphatic rings. The van der Waals surface area contributed by atoms with E-state index in [1.807, 2.05) is 51.1 Å². The summed E-state index contributed by atoms with van der Waals surface area (Å²) in [6.45, 7) is 5.45. The van der Waals surface area contributed by atoms with Gasteiger partial charge in [0.1, 0.15) is 5.60 Å². The highest BCUT2D eigenvalue weighted by Crippen LogP contribution is 2.32. The van der Waals surface area contributed by atoms with Crippen LogP contribution >= 0.6 is 0 Å². The Kier molecular flexibility index (Phi) is 5.08. The maximum Gasteiger partial charge on any atom is 0.412 e. The summed E-state index contributed by atoms with van der Waals surface area (Å²) in [6.07, 6.45) is 3.50. The molecule has 0 radical (unpaired) electrons. The van der Waals surface area contributed by atoms with Gasteiger partial charge in [0, 0.05) is 11.3 Å². The summed E-state index contributed by atoms with van der Waals surface area (Å²) in [5, 5.41) is 11.7. The Bertz CT molecular complexity index is 611. The minimum atomic E-state index is -0.819. The monoisotopic (exact) mass is 317 g/mol. The third-order valence-electron chi connectivity index (χ3n) is 3.71. The number of rotatable bonds is 3. The fraction of sp³-hybridized carbons (Fsp3) is 0.444. The summed E-state index contributed by atoms with van der Waals surface area (Å²) < 4.78 is 5.21. The molecule has 0 saturated heterocycles. The fourth-order valence-electron chi connectivity index (χ4n) is 2.59. The maximum atomic E-state index is 11.7. The molecule has 1 amide bonds. The molecule has 0 aliphatic heterocycles. The zero-order valence-electron chi connectivity index (χ0n) is 13.8. The van der Waals surface area contributed by atoms with Gasteiger partial charge in [0.2, 0.25) is 0 Å². The predicted molar refractivity (Wildman–Crippen MR) is 88.6 cm³/mol. The number of ether oxygens (including phenoxy) is 1. The molecule has 1 atom stereocenters. The van der Waals surface area contributed by atoms with Gasteiger partial charge in [-0.3, -0.25) is 5.32 Å². The molecule has 2 N–H and O–H groups in total. The first-order chi connectivity index (χ1) is 10.7. The molecular weight excluding hydrogens is 294 g/mol. The van der Waals surface area contributed by atoms with E-state index in [0.717, 1.165) is 18.4 Å². The summed E-state index contributed by atoms with van der Waals surface area (Å²) in [5.41, 5.74) is 1.81. The number of nitrogens with one attached hydrogen (secondary N) is 1. The number of hydrogen-bond donors (Lipinski definition) is 2. The van der Waals surface area contributed by atoms with E-state index in [1.165, 1.54) is 0 Å². The molecule has 0 spiro atoms. The quantitative estimate of drug-likeness (QED) is 0.871. The first-order valence-corrected chi connectivity index (χ1v) is 7.77. The second-order valence-corrected chi connectivity index (χ2v) is 6.75. The lowest BCUT2D eigenvalue weighted by atomic mass is 9.84. The summed E-state index contributed by atoms with van der Waals surface area (Å²) in [6, 6.07) is 7.62. The van der Waals surface area contributed by atoms with E-state index in [9.17, 15) is 9.59 Å². The molecule has 1 unspecified atom stereocenters. The van der Waals surface area contributed by atoms with E-state index in [2.05, 4.69) is 5.32 Å². The predicted octanol–water partition coefficient (Wildman–Crippen LogP) is 4.31. The Balaban J connectivity index is 1.95. The number of allylic oxidation sites excluding steroid dienone is 1. The van der Waals surface area contributed by atoms with Crippen LogP contribution in [0.4, 0.5) is 10.5 Å². The number of aliphatic carboxylic acids is 1. The highest BCUT2D eigenvalue weighted by Gasteiger charge is 2.20. The van der Waals surface area contributed by atoms with Crippen LogP contribution < -0.4 is 5.32 Å². The van der Waals surface area contributed by atoms with Crippen LogP contribution in [0.15, 0.2) is 35.9 Å². The average Bonchev–Trinajstić information content (AvgIpc) is 2.46. The van der Waals surface area contributed by atoms with Gasteiger partial charge in [0.25, 0.3) is 0 Å². The van der Waals surface area contributed by atoms with Crippen molar-refractivity contribution in [3.8, 4) is 0 Å². The second kappa shape index (κ2) is 6.86. The van der Waals surface area contributed by atoms with Crippen molar-refractivity contribution in [1.29, 1.82) is 0 Å². The van der Waals surface area contributed by atoms with Crippen LogP contribution in [0.2, 0.25) is 0 Å². The summed E-state index contributed by atoms with van der Waals surface area (Å²) in [4.78, 5) is 22.6. The normalized spacial score (nSPS) is 18.0. The zero-order chi connectivity index (χ0) is 17.0. The molecule has 124 valence electrons. The lowest BCUT2D eigenvalue weighted by Crippen LogP contribution is -2.27. The minimum Gasteiger partial charge on any atom is -0.478 e. The number of carboxylic acids is 1. The molecule has 0 bridgehead atoms. The van der Waals surface area contributed by atoms with Gasteiger partial charge in [-0.1, -0.05) is 18.2 Å². The molecule has 5 nitrogen and oxygen atoms in total. The number of carboxylic acid groups (broad SMARTS) is 1. The van der Waals surface area contributed by atoms with E-state index in [1.54, 1.807) is 0 Å². The molecule has 23 heavy (non-hydrogen) atoms. The number of benzene rings is 1. The molecule has 0 saturated carbocycles. The summed E-state index contributed by atoms with van der Waals surface area (Å²) >= 11 is 0. The van der Waals surface area contributed by atoms with Gasteiger partial charge in [-0.05, 0) is 63.6 Å². The molecule has 1 aliphatic carbocycles. The Morgan fingerprint density at radius 3 is 2.35 bits per heavy atom. The standard InChI is InChI=1S/C18H23NO4/c1-18(2,3)23-17(22)19-15-10-8-13(9-11-15)12-4-6-14(7-5-12)16(20)21/h6,8-12H,4-5,7H2,1-3H3,(H,19,22)(H,20,21). The SMILES string of the molecule is CC(C)(C)OC(=O)Nc1ccc(C2CC=C(C(=O)O)CC2)cc1. The average molecular weight is 317 g/mol. The minimum absolute atomic E-state index is 0.327. The molecule has 0 heterocycles. The van der Waals surface area contributed by atoms with Gasteiger partial charge in [-0.15, -0.1) is 0 Å². The Hall–Kier alpha value is -2.30. The van der Waals surface area contributed by atoms with Gasteiger partial charge in [0.15, 0.2) is 0 Å². The third kappa shape index (κ3) is 5.13. The van der Waals surface area contributed by atoms with Crippen LogP contribution in [-0.2, 0) is 9.53 Å². The number of hydrogen-bond acceptors (Lipinski definition) is 3. The van der Waals surface area contributed by atoms with E-state index in [4.69, 9.17) is 9.84 Å². The van der Waals surface area contributed by atoms with Crippen LogP contribution in [0.1, 0.15) is 51.5 Å². The number of carbonyl (C=O) groups is 2. The van der Waals surface area contributed by atoms with Crippen molar-refractivity contribution in [2.75, 3.05) is 5.32 Å². The van der Waals surface area contributed by atoms with Crippen LogP contribution in [0.5, 0.6) is 0 Å². The van der Waals surface area contributed by atoms with Crippen molar-refractivity contribution in [2.45, 2.75) is 51.6 Å². The Morgan fingerprint density at radius 2 is 1.87 bits per heavy atom. The highest BCUT2D eigenvalue weighted by molar-refractivity contribution is 5.86. The summed E-state index contributed by atoms with van der Waals surface area (Å²) in [5.74, 6) is -0.492. The van der Waals surface area contributed by atoms with Crippen LogP contribution in [0.25, 0.3) is 0 Å². The van der Waals surface area contributed by atoms with E-state index < -0.39 is 17.7 Å². The first-order valence-electron chi connectivity index (χ1n) is 7.77. The smallest absolute Gasteiger partial charge is 0.412 e.